The van der Waals surface area contributed by atoms with E-state index in [4.69, 9.17) is 24.9 Å². The van der Waals surface area contributed by atoms with Crippen molar-refractivity contribution in [2.24, 2.45) is 0 Å². The van der Waals surface area contributed by atoms with Crippen molar-refractivity contribution in [2.45, 2.75) is 13.8 Å². The number of aromatic nitrogens is 8. The molecule has 0 saturated carbocycles. The molecule has 12 aromatic rings. The van der Waals surface area contributed by atoms with Gasteiger partial charge in [0.1, 0.15) is 11.6 Å². The van der Waals surface area contributed by atoms with Gasteiger partial charge in [-0.3, -0.25) is 0 Å². The molecule has 0 aliphatic rings. The number of nitrogens with zero attached hydrogens (tertiary/aromatic N) is 8. The molecule has 4 heterocycles. The first-order valence-electron chi connectivity index (χ1n) is 21.4. The third-order valence-electron chi connectivity index (χ3n) is 12.0. The summed E-state index contributed by atoms with van der Waals surface area (Å²) < 4.78 is 4.72. The first-order valence-corrected chi connectivity index (χ1v) is 21.4. The molecule has 0 saturated heterocycles. The van der Waals surface area contributed by atoms with Crippen LogP contribution < -0.4 is 0 Å². The molecule has 8 heteroatoms. The molecule has 64 heavy (non-hydrogen) atoms. The van der Waals surface area contributed by atoms with Crippen LogP contribution in [0.4, 0.5) is 0 Å². The predicted molar refractivity (Wildman–Crippen MR) is 259 cm³/mol. The van der Waals surface area contributed by atoms with Gasteiger partial charge in [0.15, 0.2) is 23.3 Å². The summed E-state index contributed by atoms with van der Waals surface area (Å²) in [5.74, 6) is 3.75. The summed E-state index contributed by atoms with van der Waals surface area (Å²) in [5.41, 5.74) is 12.1. The van der Waals surface area contributed by atoms with Crippen LogP contribution in [0, 0.1) is 13.8 Å². The lowest BCUT2D eigenvalue weighted by Gasteiger charge is -2.17. The van der Waals surface area contributed by atoms with Gasteiger partial charge in [0.25, 0.3) is 0 Å². The Bertz CT molecular complexity index is 3670. The highest BCUT2D eigenvalue weighted by Crippen LogP contribution is 2.42. The smallest absolute Gasteiger partial charge is 0.166 e. The van der Waals surface area contributed by atoms with Crippen molar-refractivity contribution < 1.29 is 0 Å². The number of rotatable bonds is 7. The second-order valence-electron chi connectivity index (χ2n) is 16.0. The fourth-order valence-corrected chi connectivity index (χ4v) is 9.22. The topological polar surface area (TPSA) is 87.2 Å². The van der Waals surface area contributed by atoms with E-state index in [1.54, 1.807) is 0 Å². The van der Waals surface area contributed by atoms with E-state index in [0.29, 0.717) is 34.9 Å². The number of hydrogen-bond acceptors (Lipinski definition) is 6. The maximum absolute atomic E-state index is 5.34. The van der Waals surface area contributed by atoms with Crippen LogP contribution in [0.2, 0.25) is 0 Å². The van der Waals surface area contributed by atoms with E-state index < -0.39 is 0 Å². The number of fused-ring (bicyclic) bond motifs is 6. The van der Waals surface area contributed by atoms with Crippen molar-refractivity contribution in [1.29, 1.82) is 0 Å². The lowest BCUT2D eigenvalue weighted by Crippen LogP contribution is -2.04. The van der Waals surface area contributed by atoms with Crippen molar-refractivity contribution in [3.05, 3.63) is 206 Å². The number of para-hydroxylation sites is 4. The Morgan fingerprint density at radius 1 is 0.312 bits per heavy atom. The van der Waals surface area contributed by atoms with Crippen LogP contribution in [0.1, 0.15) is 11.6 Å². The Morgan fingerprint density at radius 2 is 0.828 bits per heavy atom. The van der Waals surface area contributed by atoms with Crippen LogP contribution in [0.5, 0.6) is 0 Å². The first-order chi connectivity index (χ1) is 31.6. The average molecular weight is 823 g/mol. The highest BCUT2D eigenvalue weighted by atomic mass is 15.1. The molecule has 0 spiro atoms. The number of aryl methyl sites for hydroxylation is 2. The molecule has 12 rings (SSSR count). The largest absolute Gasteiger partial charge is 0.309 e. The predicted octanol–water partition coefficient (Wildman–Crippen LogP) is 13.2. The summed E-state index contributed by atoms with van der Waals surface area (Å²) in [6.45, 7) is 3.81. The second-order valence-corrected chi connectivity index (χ2v) is 16.0. The molecule has 0 aliphatic heterocycles. The molecule has 0 amide bonds. The Morgan fingerprint density at radius 3 is 1.50 bits per heavy atom. The first kappa shape index (κ1) is 37.2. The van der Waals surface area contributed by atoms with E-state index in [-0.39, 0.29) is 0 Å². The zero-order valence-electron chi connectivity index (χ0n) is 35.1. The molecule has 0 atom stereocenters. The van der Waals surface area contributed by atoms with Crippen LogP contribution in [0.15, 0.2) is 194 Å². The van der Waals surface area contributed by atoms with E-state index in [2.05, 4.69) is 148 Å². The summed E-state index contributed by atoms with van der Waals surface area (Å²) in [6, 6.07) is 67.9. The molecule has 0 aliphatic carbocycles. The van der Waals surface area contributed by atoms with Crippen LogP contribution in [-0.4, -0.2) is 39.0 Å². The highest BCUT2D eigenvalue weighted by molar-refractivity contribution is 6.14. The van der Waals surface area contributed by atoms with Crippen LogP contribution in [0.3, 0.4) is 0 Å². The Labute approximate surface area is 368 Å². The second kappa shape index (κ2) is 15.1. The van der Waals surface area contributed by atoms with Gasteiger partial charge in [0.2, 0.25) is 0 Å². The Hall–Kier alpha value is -8.62. The standard InChI is InChI=1S/C56H38N8/c1-35-57-36(2)59-55(58-35)40-29-31-45-43-23-12-15-28-49(43)64(51(45)34-40)50-32-30-39(42-25-16-26-46-44-24-13-14-27-48(44)63(52(42)46)41-21-10-5-11-22-41)33-47(50)56-61-53(37-17-6-3-7-18-37)60-54(62-56)38-19-8-4-9-20-38/h3-34H,1-2H3. The fourth-order valence-electron chi connectivity index (χ4n) is 9.22. The SMILES string of the molecule is Cc1nc(C)nc(-c2ccc3c4ccccc4n(-c4ccc(-c5cccc6c7ccccc7n(-c7ccccc7)c56)cc4-c4nc(-c5ccccc5)nc(-c5ccccc5)n4)c3c2)n1. The molecular weight excluding hydrogens is 785 g/mol. The minimum absolute atomic E-state index is 0.561. The monoisotopic (exact) mass is 822 g/mol. The van der Waals surface area contributed by atoms with Gasteiger partial charge in [-0.05, 0) is 61.9 Å². The van der Waals surface area contributed by atoms with Crippen molar-refractivity contribution in [1.82, 2.24) is 39.0 Å². The zero-order chi connectivity index (χ0) is 42.7. The minimum Gasteiger partial charge on any atom is -0.309 e. The van der Waals surface area contributed by atoms with E-state index in [1.165, 1.54) is 10.8 Å². The average Bonchev–Trinajstić information content (AvgIpc) is 3.87. The Kier molecular flexibility index (Phi) is 8.76. The lowest BCUT2D eigenvalue weighted by atomic mass is 9.98. The minimum atomic E-state index is 0.561. The molecule has 8 nitrogen and oxygen atoms in total. The molecule has 4 aromatic heterocycles. The normalized spacial score (nSPS) is 11.6. The molecule has 0 fully saturated rings. The summed E-state index contributed by atoms with van der Waals surface area (Å²) in [7, 11) is 0. The van der Waals surface area contributed by atoms with E-state index in [1.807, 2.05) is 74.5 Å². The van der Waals surface area contributed by atoms with E-state index >= 15 is 0 Å². The van der Waals surface area contributed by atoms with Gasteiger partial charge in [-0.2, -0.15) is 0 Å². The van der Waals surface area contributed by atoms with Gasteiger partial charge >= 0.3 is 0 Å². The zero-order valence-corrected chi connectivity index (χ0v) is 35.1. The highest BCUT2D eigenvalue weighted by Gasteiger charge is 2.23. The summed E-state index contributed by atoms with van der Waals surface area (Å²) in [4.78, 5) is 29.8. The van der Waals surface area contributed by atoms with Crippen molar-refractivity contribution in [3.8, 4) is 68.1 Å². The maximum atomic E-state index is 5.34. The van der Waals surface area contributed by atoms with Gasteiger partial charge in [0, 0.05) is 55.0 Å². The Balaban J connectivity index is 1.18. The number of benzene rings is 8. The van der Waals surface area contributed by atoms with Crippen LogP contribution >= 0.6 is 0 Å². The van der Waals surface area contributed by atoms with Gasteiger partial charge in [-0.15, -0.1) is 0 Å². The molecule has 0 bridgehead atoms. The van der Waals surface area contributed by atoms with Gasteiger partial charge in [-0.1, -0.05) is 152 Å². The molecule has 0 N–H and O–H groups in total. The van der Waals surface area contributed by atoms with Crippen LogP contribution in [0.25, 0.3) is 112 Å². The lowest BCUT2D eigenvalue weighted by molar-refractivity contribution is 0.928. The van der Waals surface area contributed by atoms with E-state index in [9.17, 15) is 0 Å². The molecule has 8 aromatic carbocycles. The fraction of sp³-hybridized carbons (Fsp3) is 0.0357. The summed E-state index contributed by atoms with van der Waals surface area (Å²) in [5, 5.41) is 4.62. The third kappa shape index (κ3) is 6.23. The maximum Gasteiger partial charge on any atom is 0.166 e. The van der Waals surface area contributed by atoms with Gasteiger partial charge in [-0.25, -0.2) is 29.9 Å². The van der Waals surface area contributed by atoms with Gasteiger partial charge in [0.05, 0.1) is 27.8 Å². The quantitative estimate of drug-likeness (QED) is 0.159. The molecular formula is C56H38N8. The van der Waals surface area contributed by atoms with Gasteiger partial charge < -0.3 is 9.13 Å². The molecule has 302 valence electrons. The summed E-state index contributed by atoms with van der Waals surface area (Å²) >= 11 is 0. The van der Waals surface area contributed by atoms with Crippen molar-refractivity contribution in [2.75, 3.05) is 0 Å². The van der Waals surface area contributed by atoms with Crippen molar-refractivity contribution >= 4 is 43.6 Å². The summed E-state index contributed by atoms with van der Waals surface area (Å²) in [6.07, 6.45) is 0. The molecule has 0 radical (unpaired) electrons. The molecule has 0 unspecified atom stereocenters. The van der Waals surface area contributed by atoms with Crippen molar-refractivity contribution in [3.63, 3.8) is 0 Å². The number of hydrogen-bond donors (Lipinski definition) is 0. The van der Waals surface area contributed by atoms with E-state index in [0.717, 1.165) is 77.6 Å². The third-order valence-corrected chi connectivity index (χ3v) is 12.0. The van der Waals surface area contributed by atoms with Crippen LogP contribution in [-0.2, 0) is 0 Å².